The van der Waals surface area contributed by atoms with Crippen molar-refractivity contribution in [2.45, 2.75) is 62.8 Å². The summed E-state index contributed by atoms with van der Waals surface area (Å²) in [4.78, 5) is 59.8. The monoisotopic (exact) mass is 724 g/mol. The lowest BCUT2D eigenvalue weighted by molar-refractivity contribution is -0.156. The van der Waals surface area contributed by atoms with Gasteiger partial charge in [0.2, 0.25) is 17.7 Å². The fourth-order valence-corrected chi connectivity index (χ4v) is 8.10. The number of halogens is 3. The Bertz CT molecular complexity index is 1820. The number of hydrogen-bond acceptors (Lipinski definition) is 8. The Labute approximate surface area is 298 Å². The number of fused-ring (bicyclic) bond motifs is 1. The molecule has 0 radical (unpaired) electrons. The normalized spacial score (nSPS) is 24.3. The van der Waals surface area contributed by atoms with Crippen molar-refractivity contribution in [3.63, 3.8) is 0 Å². The molecule has 2 aromatic carbocycles. The SMILES string of the molecule is BSC1CC(=O)N(CCNC(=O)CC(C)(C)[C@H](c2nc(-c3cc(F)ccc3F)cn2Cc2ccccc2)N2C[C@@H]3C(NC[C@@H]3F)[C@H](O)C2=O)C1=O. The summed E-state index contributed by atoms with van der Waals surface area (Å²) in [5.41, 5.74) is -0.341. The van der Waals surface area contributed by atoms with Gasteiger partial charge in [-0.1, -0.05) is 44.2 Å². The van der Waals surface area contributed by atoms with Crippen LogP contribution in [0.15, 0.2) is 54.7 Å². The number of alkyl halides is 1. The first-order chi connectivity index (χ1) is 24.3. The van der Waals surface area contributed by atoms with Crippen molar-refractivity contribution in [3.8, 4) is 11.3 Å². The summed E-state index contributed by atoms with van der Waals surface area (Å²) in [6.07, 6.45) is -1.46. The Morgan fingerprint density at radius 1 is 1.16 bits per heavy atom. The number of nitrogens with one attached hydrogen (secondary N) is 2. The number of aliphatic hydroxyl groups is 1. The Kier molecular flexibility index (Phi) is 10.7. The van der Waals surface area contributed by atoms with Gasteiger partial charge in [-0.05, 0) is 23.8 Å². The molecular formula is C35H40BF3N6O5S. The molecule has 4 heterocycles. The van der Waals surface area contributed by atoms with E-state index >= 15 is 8.78 Å². The second kappa shape index (κ2) is 14.8. The second-order valence-corrected chi connectivity index (χ2v) is 15.0. The molecule has 6 atom stereocenters. The van der Waals surface area contributed by atoms with Crippen LogP contribution in [0.4, 0.5) is 13.2 Å². The molecule has 3 fully saturated rings. The number of aromatic nitrogens is 2. The molecule has 3 aliphatic heterocycles. The first kappa shape index (κ1) is 36.6. The van der Waals surface area contributed by atoms with E-state index in [4.69, 9.17) is 4.98 Å². The molecule has 3 aliphatic rings. The molecule has 6 rings (SSSR count). The molecule has 3 aromatic rings. The van der Waals surface area contributed by atoms with Crippen LogP contribution in [-0.2, 0) is 25.7 Å². The van der Waals surface area contributed by atoms with E-state index in [0.717, 1.165) is 28.7 Å². The highest BCUT2D eigenvalue weighted by Gasteiger charge is 2.53. The number of rotatable bonds is 12. The molecular weight excluding hydrogens is 684 g/mol. The zero-order valence-electron chi connectivity index (χ0n) is 28.5. The molecule has 3 N–H and O–H groups in total. The minimum Gasteiger partial charge on any atom is -0.382 e. The van der Waals surface area contributed by atoms with Crippen LogP contribution < -0.4 is 10.6 Å². The van der Waals surface area contributed by atoms with Crippen LogP contribution in [0, 0.1) is 23.0 Å². The van der Waals surface area contributed by atoms with E-state index in [-0.39, 0.29) is 74.5 Å². The lowest BCUT2D eigenvalue weighted by atomic mass is 9.77. The summed E-state index contributed by atoms with van der Waals surface area (Å²) < 4.78 is 46.5. The average Bonchev–Trinajstić information content (AvgIpc) is 3.75. The first-order valence-corrected chi connectivity index (χ1v) is 18.1. The number of amides is 4. The van der Waals surface area contributed by atoms with Gasteiger partial charge in [0.1, 0.15) is 29.7 Å². The number of aliphatic hydroxyl groups excluding tert-OH is 1. The van der Waals surface area contributed by atoms with Crippen LogP contribution in [0.1, 0.15) is 44.1 Å². The number of nitrogens with zero attached hydrogens (tertiary/aromatic N) is 4. The van der Waals surface area contributed by atoms with Gasteiger partial charge < -0.3 is 25.2 Å². The number of imide groups is 1. The Hall–Kier alpha value is -4.15. The number of likely N-dealkylation sites (tertiary alicyclic amines) is 2. The molecule has 0 bridgehead atoms. The predicted octanol–water partition coefficient (Wildman–Crippen LogP) is 1.99. The summed E-state index contributed by atoms with van der Waals surface area (Å²) in [6, 6.07) is 10.4. The molecule has 0 spiro atoms. The van der Waals surface area contributed by atoms with E-state index in [1.807, 2.05) is 30.3 Å². The summed E-state index contributed by atoms with van der Waals surface area (Å²) >= 11 is 1.30. The van der Waals surface area contributed by atoms with E-state index in [0.29, 0.717) is 0 Å². The third-order valence-corrected chi connectivity index (χ3v) is 11.0. The van der Waals surface area contributed by atoms with Crippen molar-refractivity contribution in [1.29, 1.82) is 0 Å². The molecule has 270 valence electrons. The van der Waals surface area contributed by atoms with Gasteiger partial charge in [0, 0.05) is 74.7 Å². The lowest BCUT2D eigenvalue weighted by Crippen LogP contribution is -2.61. The van der Waals surface area contributed by atoms with Crippen molar-refractivity contribution in [3.05, 3.63) is 77.8 Å². The zero-order valence-corrected chi connectivity index (χ0v) is 29.3. The minimum absolute atomic E-state index is 0.000868. The smallest absolute Gasteiger partial charge is 0.253 e. The van der Waals surface area contributed by atoms with Crippen molar-refractivity contribution in [2.24, 2.45) is 11.3 Å². The first-order valence-electron chi connectivity index (χ1n) is 16.8. The largest absolute Gasteiger partial charge is 0.382 e. The summed E-state index contributed by atoms with van der Waals surface area (Å²) in [5.74, 6) is -3.65. The van der Waals surface area contributed by atoms with E-state index < -0.39 is 64.4 Å². The van der Waals surface area contributed by atoms with E-state index in [2.05, 4.69) is 10.6 Å². The highest BCUT2D eigenvalue weighted by molar-refractivity contribution is 8.20. The van der Waals surface area contributed by atoms with Crippen molar-refractivity contribution < 1.29 is 37.5 Å². The van der Waals surface area contributed by atoms with Crippen LogP contribution in [-0.4, -0.2) is 105 Å². The van der Waals surface area contributed by atoms with Crippen molar-refractivity contribution in [2.75, 3.05) is 26.2 Å². The van der Waals surface area contributed by atoms with E-state index in [1.165, 1.54) is 16.5 Å². The molecule has 1 aromatic heterocycles. The molecule has 16 heteroatoms. The van der Waals surface area contributed by atoms with Gasteiger partial charge in [-0.25, -0.2) is 29.8 Å². The molecule has 11 nitrogen and oxygen atoms in total. The van der Waals surface area contributed by atoms with Gasteiger partial charge in [-0.3, -0.25) is 24.1 Å². The van der Waals surface area contributed by atoms with Gasteiger partial charge in [0.15, 0.2) is 7.12 Å². The number of imidazole rings is 1. The van der Waals surface area contributed by atoms with E-state index in [9.17, 15) is 28.7 Å². The maximum absolute atomic E-state index is 15.2. The lowest BCUT2D eigenvalue weighted by Gasteiger charge is -2.47. The summed E-state index contributed by atoms with van der Waals surface area (Å²) in [7, 11) is 1.76. The van der Waals surface area contributed by atoms with Gasteiger partial charge in [-0.15, -0.1) is 0 Å². The maximum Gasteiger partial charge on any atom is 0.253 e. The molecule has 4 amide bonds. The molecule has 0 saturated carbocycles. The summed E-state index contributed by atoms with van der Waals surface area (Å²) in [6.45, 7) is 3.56. The van der Waals surface area contributed by atoms with Crippen LogP contribution in [0.5, 0.6) is 0 Å². The number of benzene rings is 2. The van der Waals surface area contributed by atoms with Crippen LogP contribution in [0.25, 0.3) is 11.3 Å². The highest BCUT2D eigenvalue weighted by Crippen LogP contribution is 2.45. The topological polar surface area (TPSA) is 137 Å². The quantitative estimate of drug-likeness (QED) is 0.191. The summed E-state index contributed by atoms with van der Waals surface area (Å²) in [5, 5.41) is 16.4. The number of carbonyl (C=O) groups excluding carboxylic acids is 4. The predicted molar refractivity (Wildman–Crippen MR) is 186 cm³/mol. The third-order valence-electron chi connectivity index (χ3n) is 10.0. The van der Waals surface area contributed by atoms with Gasteiger partial charge >= 0.3 is 0 Å². The number of hydrogen-bond donors (Lipinski definition) is 3. The van der Waals surface area contributed by atoms with Crippen LogP contribution in [0.2, 0.25) is 0 Å². The third kappa shape index (κ3) is 7.44. The zero-order chi connectivity index (χ0) is 36.6. The molecule has 2 unspecified atom stereocenters. The average molecular weight is 725 g/mol. The van der Waals surface area contributed by atoms with E-state index in [1.54, 1.807) is 31.7 Å². The Balaban J connectivity index is 1.36. The van der Waals surface area contributed by atoms with Crippen molar-refractivity contribution in [1.82, 2.24) is 30.0 Å². The Morgan fingerprint density at radius 2 is 1.90 bits per heavy atom. The maximum atomic E-state index is 15.2. The van der Waals surface area contributed by atoms with Crippen LogP contribution in [0.3, 0.4) is 0 Å². The van der Waals surface area contributed by atoms with Gasteiger partial charge in [0.25, 0.3) is 5.91 Å². The number of carbonyl (C=O) groups is 4. The van der Waals surface area contributed by atoms with Gasteiger partial charge in [-0.2, -0.15) is 0 Å². The molecule has 3 saturated heterocycles. The highest BCUT2D eigenvalue weighted by atomic mass is 32.2. The number of piperidine rings is 1. The standard InChI is InChI=1S/C35H40BF3N6O5S/c1-35(2,14-27(46)40-10-11-44-28(47)13-26(51-36)33(44)49)31(45-17-22-24(39)15-41-29(22)30(48)34(45)50)32-42-25(21-12-20(37)8-9-23(21)38)18-43(32)16-19-6-4-3-5-7-19/h3-9,12,18,22,24,26,29-31,41,48H,10-11,13-17,36H2,1-2H3,(H,40,46)/t22-,24-,26?,29?,30-,31-/m0/s1. The molecule has 0 aliphatic carbocycles. The van der Waals surface area contributed by atoms with Gasteiger partial charge in [0.05, 0.1) is 17.0 Å². The fourth-order valence-electron chi connectivity index (χ4n) is 7.46. The molecule has 51 heavy (non-hydrogen) atoms. The van der Waals surface area contributed by atoms with Crippen LogP contribution >= 0.6 is 11.6 Å². The fraction of sp³-hybridized carbons (Fsp3) is 0.457. The second-order valence-electron chi connectivity index (χ2n) is 14.0. The minimum atomic E-state index is -1.57. The Morgan fingerprint density at radius 3 is 2.61 bits per heavy atom. The van der Waals surface area contributed by atoms with Crippen molar-refractivity contribution >= 4 is 42.4 Å².